The highest BCUT2D eigenvalue weighted by atomic mass is 16.2. The van der Waals surface area contributed by atoms with Gasteiger partial charge in [0.15, 0.2) is 0 Å². The van der Waals surface area contributed by atoms with Crippen molar-refractivity contribution in [2.75, 3.05) is 6.54 Å². The molecule has 0 saturated carbocycles. The smallest absolute Gasteiger partial charge is 0.315 e. The van der Waals surface area contributed by atoms with Crippen molar-refractivity contribution in [1.29, 1.82) is 0 Å². The maximum absolute atomic E-state index is 11.5. The lowest BCUT2D eigenvalue weighted by Crippen LogP contribution is -2.50. The summed E-state index contributed by atoms with van der Waals surface area (Å²) in [7, 11) is 0. The van der Waals surface area contributed by atoms with E-state index in [0.29, 0.717) is 6.54 Å². The Balaban J connectivity index is 2.41. The number of amides is 3. The van der Waals surface area contributed by atoms with Crippen molar-refractivity contribution in [2.45, 2.75) is 45.2 Å². The highest BCUT2D eigenvalue weighted by Crippen LogP contribution is 2.04. The molecule has 0 unspecified atom stereocenters. The van der Waals surface area contributed by atoms with Crippen molar-refractivity contribution >= 4 is 11.9 Å². The van der Waals surface area contributed by atoms with Gasteiger partial charge in [-0.2, -0.15) is 0 Å². The van der Waals surface area contributed by atoms with Crippen LogP contribution >= 0.6 is 0 Å². The van der Waals surface area contributed by atoms with Gasteiger partial charge in [-0.1, -0.05) is 0 Å². The number of rotatable bonds is 2. The van der Waals surface area contributed by atoms with Crippen molar-refractivity contribution in [3.05, 3.63) is 0 Å². The van der Waals surface area contributed by atoms with E-state index in [9.17, 15) is 9.59 Å². The third-order valence-electron chi connectivity index (χ3n) is 2.26. The van der Waals surface area contributed by atoms with E-state index in [0.717, 1.165) is 19.3 Å². The third-order valence-corrected chi connectivity index (χ3v) is 2.26. The molecule has 86 valence electrons. The van der Waals surface area contributed by atoms with Crippen molar-refractivity contribution < 1.29 is 9.59 Å². The van der Waals surface area contributed by atoms with E-state index >= 15 is 0 Å². The fourth-order valence-electron chi connectivity index (χ4n) is 1.54. The standard InChI is InChI=1S/C10H19N3O2/c1-7(2)12-10(15)13-8-5-3-4-6-11-9(8)14/h7-8H,3-6H2,1-2H3,(H,11,14)(H2,12,13,15)/t8-/m1/s1. The second-order valence-electron chi connectivity index (χ2n) is 4.11. The molecule has 5 nitrogen and oxygen atoms in total. The van der Waals surface area contributed by atoms with Crippen LogP contribution in [0.25, 0.3) is 0 Å². The van der Waals surface area contributed by atoms with Crippen molar-refractivity contribution in [3.8, 4) is 0 Å². The highest BCUT2D eigenvalue weighted by molar-refractivity contribution is 5.87. The molecule has 0 bridgehead atoms. The molecule has 0 aromatic heterocycles. The average Bonchev–Trinajstić information content (AvgIpc) is 2.30. The minimum absolute atomic E-state index is 0.0774. The number of hydrogen-bond acceptors (Lipinski definition) is 2. The summed E-state index contributed by atoms with van der Waals surface area (Å²) in [6, 6.07) is -0.572. The second kappa shape index (κ2) is 5.58. The molecule has 0 aromatic carbocycles. The van der Waals surface area contributed by atoms with Gasteiger partial charge in [0.2, 0.25) is 5.91 Å². The van der Waals surface area contributed by atoms with Crippen LogP contribution < -0.4 is 16.0 Å². The number of hydrogen-bond donors (Lipinski definition) is 3. The molecule has 1 aliphatic heterocycles. The fraction of sp³-hybridized carbons (Fsp3) is 0.800. The molecule has 1 heterocycles. The first kappa shape index (κ1) is 11.8. The van der Waals surface area contributed by atoms with Crippen molar-refractivity contribution in [2.24, 2.45) is 0 Å². The minimum Gasteiger partial charge on any atom is -0.354 e. The van der Waals surface area contributed by atoms with Crippen LogP contribution in [0.3, 0.4) is 0 Å². The summed E-state index contributed by atoms with van der Waals surface area (Å²) < 4.78 is 0. The Morgan fingerprint density at radius 2 is 2.20 bits per heavy atom. The van der Waals surface area contributed by atoms with Gasteiger partial charge in [0, 0.05) is 12.6 Å². The van der Waals surface area contributed by atoms with E-state index < -0.39 is 0 Å². The van der Waals surface area contributed by atoms with Gasteiger partial charge in [-0.3, -0.25) is 4.79 Å². The predicted molar refractivity (Wildman–Crippen MR) is 57.5 cm³/mol. The van der Waals surface area contributed by atoms with Crippen LogP contribution in [0.15, 0.2) is 0 Å². The Morgan fingerprint density at radius 1 is 1.47 bits per heavy atom. The third kappa shape index (κ3) is 4.18. The number of carbonyl (C=O) groups excluding carboxylic acids is 2. The summed E-state index contributed by atoms with van der Waals surface area (Å²) in [5.74, 6) is -0.0774. The highest BCUT2D eigenvalue weighted by Gasteiger charge is 2.22. The first-order chi connectivity index (χ1) is 7.09. The minimum atomic E-state index is -0.383. The summed E-state index contributed by atoms with van der Waals surface area (Å²) >= 11 is 0. The molecule has 1 fully saturated rings. The Morgan fingerprint density at radius 3 is 2.87 bits per heavy atom. The summed E-state index contributed by atoms with van der Waals surface area (Å²) in [5.41, 5.74) is 0. The molecular formula is C10H19N3O2. The zero-order valence-corrected chi connectivity index (χ0v) is 9.30. The van der Waals surface area contributed by atoms with Crippen LogP contribution in [0, 0.1) is 0 Å². The molecule has 15 heavy (non-hydrogen) atoms. The molecule has 0 radical (unpaired) electrons. The van der Waals surface area contributed by atoms with E-state index in [2.05, 4.69) is 16.0 Å². The molecule has 0 aliphatic carbocycles. The van der Waals surface area contributed by atoms with E-state index in [1.54, 1.807) is 0 Å². The topological polar surface area (TPSA) is 70.2 Å². The maximum atomic E-state index is 11.5. The van der Waals surface area contributed by atoms with Crippen LogP contribution in [0.2, 0.25) is 0 Å². The number of carbonyl (C=O) groups is 2. The molecule has 1 aliphatic rings. The lowest BCUT2D eigenvalue weighted by atomic mass is 10.1. The zero-order valence-electron chi connectivity index (χ0n) is 9.30. The monoisotopic (exact) mass is 213 g/mol. The summed E-state index contributed by atoms with van der Waals surface area (Å²) in [4.78, 5) is 22.9. The van der Waals surface area contributed by atoms with Gasteiger partial charge in [-0.25, -0.2) is 4.79 Å². The Kier molecular flexibility index (Phi) is 4.39. The van der Waals surface area contributed by atoms with Crippen molar-refractivity contribution in [1.82, 2.24) is 16.0 Å². The first-order valence-corrected chi connectivity index (χ1v) is 5.44. The molecule has 3 N–H and O–H groups in total. The van der Waals surface area contributed by atoms with Gasteiger partial charge in [0.25, 0.3) is 0 Å². The van der Waals surface area contributed by atoms with E-state index in [1.165, 1.54) is 0 Å². The van der Waals surface area contributed by atoms with Gasteiger partial charge < -0.3 is 16.0 Å². The van der Waals surface area contributed by atoms with Crippen LogP contribution in [-0.4, -0.2) is 30.6 Å². The van der Waals surface area contributed by atoms with Gasteiger partial charge in [0.05, 0.1) is 0 Å². The molecule has 0 aromatic rings. The Labute approximate surface area is 90.0 Å². The maximum Gasteiger partial charge on any atom is 0.315 e. The van der Waals surface area contributed by atoms with Crippen LogP contribution in [-0.2, 0) is 4.79 Å². The van der Waals surface area contributed by atoms with E-state index in [1.807, 2.05) is 13.8 Å². The van der Waals surface area contributed by atoms with Gasteiger partial charge in [-0.05, 0) is 33.1 Å². The molecule has 1 rings (SSSR count). The Bertz CT molecular complexity index is 241. The quantitative estimate of drug-likeness (QED) is 0.620. The number of nitrogens with one attached hydrogen (secondary N) is 3. The molecular weight excluding hydrogens is 194 g/mol. The fourth-order valence-corrected chi connectivity index (χ4v) is 1.54. The molecule has 1 saturated heterocycles. The summed E-state index contributed by atoms with van der Waals surface area (Å²) in [6.45, 7) is 4.47. The predicted octanol–water partition coefficient (Wildman–Crippen LogP) is 0.363. The average molecular weight is 213 g/mol. The number of urea groups is 1. The van der Waals surface area contributed by atoms with Crippen molar-refractivity contribution in [3.63, 3.8) is 0 Å². The second-order valence-corrected chi connectivity index (χ2v) is 4.11. The SMILES string of the molecule is CC(C)NC(=O)N[C@@H]1CCCCNC1=O. The summed E-state index contributed by atoms with van der Waals surface area (Å²) in [6.07, 6.45) is 2.67. The largest absolute Gasteiger partial charge is 0.354 e. The van der Waals surface area contributed by atoms with Crippen LogP contribution in [0.5, 0.6) is 0 Å². The van der Waals surface area contributed by atoms with Crippen LogP contribution in [0.4, 0.5) is 4.79 Å². The first-order valence-electron chi connectivity index (χ1n) is 5.44. The molecule has 0 spiro atoms. The van der Waals surface area contributed by atoms with E-state index in [4.69, 9.17) is 0 Å². The normalized spacial score (nSPS) is 21.8. The molecule has 5 heteroatoms. The Hall–Kier alpha value is -1.26. The molecule has 3 amide bonds. The molecule has 1 atom stereocenters. The van der Waals surface area contributed by atoms with Crippen LogP contribution in [0.1, 0.15) is 33.1 Å². The lowest BCUT2D eigenvalue weighted by Gasteiger charge is -2.16. The van der Waals surface area contributed by atoms with Gasteiger partial charge >= 0.3 is 6.03 Å². The summed E-state index contributed by atoms with van der Waals surface area (Å²) in [5, 5.41) is 8.15. The van der Waals surface area contributed by atoms with Gasteiger partial charge in [0.1, 0.15) is 6.04 Å². The zero-order chi connectivity index (χ0) is 11.3. The lowest BCUT2D eigenvalue weighted by molar-refractivity contribution is -0.122. The van der Waals surface area contributed by atoms with Gasteiger partial charge in [-0.15, -0.1) is 0 Å². The van der Waals surface area contributed by atoms with E-state index in [-0.39, 0.29) is 24.0 Å².